The largest absolute Gasteiger partial charge is 0.497 e. The number of amides is 1. The molecule has 4 heteroatoms. The number of hydrogen-bond donors (Lipinski definition) is 0. The molecular weight excluding hydrogens is 324 g/mol. The van der Waals surface area contributed by atoms with Crippen molar-refractivity contribution in [3.63, 3.8) is 0 Å². The predicted molar refractivity (Wildman–Crippen MR) is 104 cm³/mol. The molecule has 1 atom stereocenters. The molecule has 136 valence electrons. The van der Waals surface area contributed by atoms with Crippen molar-refractivity contribution in [1.82, 2.24) is 4.90 Å². The van der Waals surface area contributed by atoms with Crippen molar-refractivity contribution in [1.29, 1.82) is 0 Å². The van der Waals surface area contributed by atoms with Gasteiger partial charge in [-0.15, -0.1) is 0 Å². The van der Waals surface area contributed by atoms with Gasteiger partial charge in [0, 0.05) is 13.1 Å². The second kappa shape index (κ2) is 6.67. The highest BCUT2D eigenvalue weighted by atomic mass is 16.5. The highest BCUT2D eigenvalue weighted by Crippen LogP contribution is 2.42. The Hall–Kier alpha value is -2.49. The molecule has 4 nitrogen and oxygen atoms in total. The van der Waals surface area contributed by atoms with E-state index in [1.807, 2.05) is 30.3 Å². The molecule has 1 fully saturated rings. The predicted octanol–water partition coefficient (Wildman–Crippen LogP) is 4.10. The molecule has 1 amide bonds. The first-order valence-electron chi connectivity index (χ1n) is 9.45. The first-order valence-corrected chi connectivity index (χ1v) is 9.45. The summed E-state index contributed by atoms with van der Waals surface area (Å²) >= 11 is 0. The van der Waals surface area contributed by atoms with Crippen LogP contribution >= 0.6 is 0 Å². The van der Waals surface area contributed by atoms with Gasteiger partial charge >= 0.3 is 0 Å². The third-order valence-electron chi connectivity index (χ3n) is 5.90. The van der Waals surface area contributed by atoms with Crippen molar-refractivity contribution in [2.75, 3.05) is 25.1 Å². The monoisotopic (exact) mass is 350 g/mol. The molecule has 2 aromatic rings. The zero-order chi connectivity index (χ0) is 18.1. The highest BCUT2D eigenvalue weighted by molar-refractivity contribution is 6.02. The van der Waals surface area contributed by atoms with Gasteiger partial charge in [0.2, 0.25) is 0 Å². The van der Waals surface area contributed by atoms with Crippen LogP contribution in [0.4, 0.5) is 5.69 Å². The zero-order valence-corrected chi connectivity index (χ0v) is 15.6. The maximum Gasteiger partial charge on any atom is 0.257 e. The maximum absolute atomic E-state index is 13.3. The van der Waals surface area contributed by atoms with E-state index < -0.39 is 0 Å². The number of ether oxygens (including phenoxy) is 1. The Morgan fingerprint density at radius 1 is 1.08 bits per heavy atom. The van der Waals surface area contributed by atoms with Crippen LogP contribution in [0.15, 0.2) is 48.5 Å². The summed E-state index contributed by atoms with van der Waals surface area (Å²) in [7, 11) is 1.68. The number of methoxy groups -OCH3 is 1. The van der Waals surface area contributed by atoms with Gasteiger partial charge < -0.3 is 14.5 Å². The minimum atomic E-state index is -0.226. The first-order chi connectivity index (χ1) is 12.6. The van der Waals surface area contributed by atoms with Crippen LogP contribution in [0.3, 0.4) is 0 Å². The summed E-state index contributed by atoms with van der Waals surface area (Å²) in [5, 5.41) is 0. The second-order valence-electron chi connectivity index (χ2n) is 7.40. The summed E-state index contributed by atoms with van der Waals surface area (Å²) in [5.74, 6) is 1.02. The summed E-state index contributed by atoms with van der Waals surface area (Å²) in [4.78, 5) is 17.8. The van der Waals surface area contributed by atoms with Crippen molar-refractivity contribution in [3.05, 3.63) is 59.7 Å². The molecule has 2 aromatic carbocycles. The lowest BCUT2D eigenvalue weighted by atomic mass is 9.89. The van der Waals surface area contributed by atoms with E-state index in [-0.39, 0.29) is 11.6 Å². The minimum absolute atomic E-state index is 0.162. The molecule has 2 aliphatic rings. The molecular formula is C22H26N2O2. The van der Waals surface area contributed by atoms with E-state index in [0.29, 0.717) is 0 Å². The number of fused-ring (bicyclic) bond motifs is 3. The Morgan fingerprint density at radius 3 is 2.62 bits per heavy atom. The topological polar surface area (TPSA) is 32.8 Å². The molecule has 2 aliphatic heterocycles. The lowest BCUT2D eigenvalue weighted by Gasteiger charge is -2.56. The molecule has 0 saturated carbocycles. The Bertz CT molecular complexity index is 802. The van der Waals surface area contributed by atoms with Gasteiger partial charge in [-0.1, -0.05) is 24.3 Å². The quantitative estimate of drug-likeness (QED) is 0.832. The van der Waals surface area contributed by atoms with Crippen molar-refractivity contribution in [3.8, 4) is 5.75 Å². The van der Waals surface area contributed by atoms with Crippen LogP contribution in [0.5, 0.6) is 5.75 Å². The summed E-state index contributed by atoms with van der Waals surface area (Å²) in [6.07, 6.45) is 4.23. The molecule has 2 heterocycles. The SMILES string of the molecule is COc1ccc(CCN2C(=O)c3ccccc3N3CCCCC23C)cc1. The molecule has 0 N–H and O–H groups in total. The van der Waals surface area contributed by atoms with E-state index in [0.717, 1.165) is 42.9 Å². The van der Waals surface area contributed by atoms with Gasteiger partial charge in [0.25, 0.3) is 5.91 Å². The van der Waals surface area contributed by atoms with Gasteiger partial charge in [-0.3, -0.25) is 4.79 Å². The Morgan fingerprint density at radius 2 is 1.85 bits per heavy atom. The van der Waals surface area contributed by atoms with Gasteiger partial charge in [0.05, 0.1) is 18.4 Å². The molecule has 26 heavy (non-hydrogen) atoms. The number of para-hydroxylation sites is 1. The van der Waals surface area contributed by atoms with Gasteiger partial charge in [0.1, 0.15) is 11.4 Å². The van der Waals surface area contributed by atoms with Crippen molar-refractivity contribution >= 4 is 11.6 Å². The number of nitrogens with zero attached hydrogens (tertiary/aromatic N) is 2. The number of anilines is 1. The third kappa shape index (κ3) is 2.74. The lowest BCUT2D eigenvalue weighted by Crippen LogP contribution is -2.66. The third-order valence-corrected chi connectivity index (χ3v) is 5.90. The fourth-order valence-electron chi connectivity index (χ4n) is 4.40. The van der Waals surface area contributed by atoms with E-state index in [2.05, 4.69) is 34.9 Å². The molecule has 0 aliphatic carbocycles. The Kier molecular flexibility index (Phi) is 4.35. The molecule has 0 spiro atoms. The molecule has 4 rings (SSSR count). The number of benzene rings is 2. The highest BCUT2D eigenvalue weighted by Gasteiger charge is 2.47. The number of hydrogen-bond acceptors (Lipinski definition) is 3. The number of rotatable bonds is 4. The molecule has 0 radical (unpaired) electrons. The van der Waals surface area contributed by atoms with Crippen molar-refractivity contribution in [2.24, 2.45) is 0 Å². The lowest BCUT2D eigenvalue weighted by molar-refractivity contribution is 0.0390. The fourth-order valence-corrected chi connectivity index (χ4v) is 4.40. The molecule has 0 bridgehead atoms. The number of carbonyl (C=O) groups excluding carboxylic acids is 1. The average molecular weight is 350 g/mol. The summed E-state index contributed by atoms with van der Waals surface area (Å²) < 4.78 is 5.24. The van der Waals surface area contributed by atoms with Crippen molar-refractivity contribution in [2.45, 2.75) is 38.3 Å². The van der Waals surface area contributed by atoms with Gasteiger partial charge in [0.15, 0.2) is 0 Å². The number of piperidine rings is 1. The van der Waals surface area contributed by atoms with E-state index >= 15 is 0 Å². The minimum Gasteiger partial charge on any atom is -0.497 e. The summed E-state index contributed by atoms with van der Waals surface area (Å²) in [5.41, 5.74) is 2.93. The van der Waals surface area contributed by atoms with Crippen LogP contribution in [0.1, 0.15) is 42.1 Å². The molecule has 1 unspecified atom stereocenters. The van der Waals surface area contributed by atoms with Crippen LogP contribution in [0, 0.1) is 0 Å². The normalized spacial score (nSPS) is 22.0. The Labute approximate surface area is 155 Å². The van der Waals surface area contributed by atoms with E-state index in [9.17, 15) is 4.79 Å². The average Bonchev–Trinajstić information content (AvgIpc) is 2.68. The van der Waals surface area contributed by atoms with Crippen LogP contribution in [-0.4, -0.2) is 36.7 Å². The van der Waals surface area contributed by atoms with Crippen LogP contribution in [-0.2, 0) is 6.42 Å². The fraction of sp³-hybridized carbons (Fsp3) is 0.409. The van der Waals surface area contributed by atoms with Crippen LogP contribution < -0.4 is 9.64 Å². The van der Waals surface area contributed by atoms with Gasteiger partial charge in [-0.05, 0) is 62.4 Å². The maximum atomic E-state index is 13.3. The second-order valence-corrected chi connectivity index (χ2v) is 7.40. The molecule has 0 aromatic heterocycles. The molecule has 1 saturated heterocycles. The zero-order valence-electron chi connectivity index (χ0n) is 15.6. The summed E-state index contributed by atoms with van der Waals surface area (Å²) in [6.45, 7) is 3.97. The standard InChI is InChI=1S/C22H26N2O2/c1-22-14-5-6-15-23(22)20-8-4-3-7-19(20)21(25)24(22)16-13-17-9-11-18(26-2)12-10-17/h3-4,7-12H,5-6,13-16H2,1-2H3. The van der Waals surface area contributed by atoms with Crippen LogP contribution in [0.25, 0.3) is 0 Å². The Balaban J connectivity index is 1.62. The smallest absolute Gasteiger partial charge is 0.257 e. The van der Waals surface area contributed by atoms with Crippen LogP contribution in [0.2, 0.25) is 0 Å². The van der Waals surface area contributed by atoms with E-state index in [4.69, 9.17) is 4.74 Å². The van der Waals surface area contributed by atoms with E-state index in [1.54, 1.807) is 7.11 Å². The van der Waals surface area contributed by atoms with Gasteiger partial charge in [-0.2, -0.15) is 0 Å². The van der Waals surface area contributed by atoms with Crippen molar-refractivity contribution < 1.29 is 9.53 Å². The number of carbonyl (C=O) groups is 1. The first kappa shape index (κ1) is 17.0. The van der Waals surface area contributed by atoms with E-state index in [1.165, 1.54) is 18.4 Å². The summed E-state index contributed by atoms with van der Waals surface area (Å²) in [6, 6.07) is 16.2. The van der Waals surface area contributed by atoms with Gasteiger partial charge in [-0.25, -0.2) is 0 Å².